The number of aryl methyl sites for hydroxylation is 2. The van der Waals surface area contributed by atoms with Crippen molar-refractivity contribution in [3.05, 3.63) is 95.1 Å². The number of hydrogen-bond donors (Lipinski definition) is 1. The van der Waals surface area contributed by atoms with Crippen molar-refractivity contribution in [1.82, 2.24) is 10.2 Å². The summed E-state index contributed by atoms with van der Waals surface area (Å²) >= 11 is 0. The zero-order valence-electron chi connectivity index (χ0n) is 21.6. The van der Waals surface area contributed by atoms with Crippen LogP contribution in [0, 0.1) is 6.92 Å². The molecule has 0 aliphatic rings. The molecular weight excluding hydrogens is 452 g/mol. The molecule has 3 aromatic carbocycles. The van der Waals surface area contributed by atoms with Gasteiger partial charge in [0.2, 0.25) is 11.8 Å². The molecule has 0 aliphatic carbocycles. The summed E-state index contributed by atoms with van der Waals surface area (Å²) in [6.45, 7) is 4.78. The topological polar surface area (TPSA) is 67.9 Å². The highest BCUT2D eigenvalue weighted by Crippen LogP contribution is 2.28. The van der Waals surface area contributed by atoms with Gasteiger partial charge in [-0.15, -0.1) is 0 Å². The molecule has 3 rings (SSSR count). The fourth-order valence-electron chi connectivity index (χ4n) is 4.28. The number of likely N-dealkylation sites (N-methyl/N-ethyl adjacent to an activating group) is 1. The van der Waals surface area contributed by atoms with Gasteiger partial charge in [0.1, 0.15) is 6.04 Å². The first-order valence-electron chi connectivity index (χ1n) is 12.3. The number of hydrogen-bond acceptors (Lipinski definition) is 4. The molecule has 0 aromatic heterocycles. The van der Waals surface area contributed by atoms with Gasteiger partial charge in [-0.3, -0.25) is 9.59 Å². The van der Waals surface area contributed by atoms with Crippen LogP contribution in [0.1, 0.15) is 35.6 Å². The second kappa shape index (κ2) is 13.3. The summed E-state index contributed by atoms with van der Waals surface area (Å²) in [7, 11) is 3.19. The molecule has 1 unspecified atom stereocenters. The van der Waals surface area contributed by atoms with E-state index in [2.05, 4.69) is 11.4 Å². The Morgan fingerprint density at radius 1 is 0.861 bits per heavy atom. The lowest BCUT2D eigenvalue weighted by atomic mass is 10.0. The average Bonchev–Trinajstić information content (AvgIpc) is 2.89. The Morgan fingerprint density at radius 2 is 1.58 bits per heavy atom. The van der Waals surface area contributed by atoms with Crippen molar-refractivity contribution < 1.29 is 19.1 Å². The molecule has 36 heavy (non-hydrogen) atoms. The molecule has 1 atom stereocenters. The third-order valence-corrected chi connectivity index (χ3v) is 6.13. The predicted octanol–water partition coefficient (Wildman–Crippen LogP) is 4.72. The van der Waals surface area contributed by atoms with Gasteiger partial charge < -0.3 is 19.7 Å². The molecule has 2 amide bonds. The molecular formula is C30H36N2O4. The summed E-state index contributed by atoms with van der Waals surface area (Å²) in [4.78, 5) is 28.7. The molecule has 0 radical (unpaired) electrons. The Bertz CT molecular complexity index is 1150. The fraction of sp³-hybridized carbons (Fsp3) is 0.333. The SMILES string of the molecule is CCNC(=O)C(Cc1ccccc1)N(Cc1cccc(C)c1)C(=O)CCc1ccc(OC)c(OC)c1. The first-order chi connectivity index (χ1) is 17.4. The molecule has 3 aromatic rings. The molecule has 0 bridgehead atoms. The van der Waals surface area contributed by atoms with Crippen LogP contribution in [-0.2, 0) is 29.0 Å². The summed E-state index contributed by atoms with van der Waals surface area (Å²) in [5, 5.41) is 2.94. The normalized spacial score (nSPS) is 11.4. The van der Waals surface area contributed by atoms with E-state index >= 15 is 0 Å². The van der Waals surface area contributed by atoms with Crippen LogP contribution in [0.4, 0.5) is 0 Å². The van der Waals surface area contributed by atoms with E-state index in [9.17, 15) is 9.59 Å². The maximum absolute atomic E-state index is 13.7. The number of carbonyl (C=O) groups excluding carboxylic acids is 2. The largest absolute Gasteiger partial charge is 0.493 e. The highest BCUT2D eigenvalue weighted by atomic mass is 16.5. The Labute approximate surface area is 214 Å². The van der Waals surface area contributed by atoms with E-state index in [4.69, 9.17) is 9.47 Å². The van der Waals surface area contributed by atoms with Crippen LogP contribution < -0.4 is 14.8 Å². The van der Waals surface area contributed by atoms with Crippen LogP contribution in [-0.4, -0.2) is 43.5 Å². The quantitative estimate of drug-likeness (QED) is 0.401. The van der Waals surface area contributed by atoms with Gasteiger partial charge in [0.15, 0.2) is 11.5 Å². The maximum Gasteiger partial charge on any atom is 0.243 e. The molecule has 0 aliphatic heterocycles. The monoisotopic (exact) mass is 488 g/mol. The van der Waals surface area contributed by atoms with Gasteiger partial charge >= 0.3 is 0 Å². The summed E-state index contributed by atoms with van der Waals surface area (Å²) in [5.41, 5.74) is 4.09. The van der Waals surface area contributed by atoms with Gasteiger partial charge in [0.05, 0.1) is 14.2 Å². The molecule has 6 nitrogen and oxygen atoms in total. The summed E-state index contributed by atoms with van der Waals surface area (Å²) < 4.78 is 10.7. The lowest BCUT2D eigenvalue weighted by molar-refractivity contribution is -0.141. The molecule has 0 saturated carbocycles. The second-order valence-electron chi connectivity index (χ2n) is 8.80. The minimum Gasteiger partial charge on any atom is -0.493 e. The molecule has 0 heterocycles. The minimum atomic E-state index is -0.620. The first kappa shape index (κ1) is 26.8. The third-order valence-electron chi connectivity index (χ3n) is 6.13. The maximum atomic E-state index is 13.7. The van der Waals surface area contributed by atoms with Crippen LogP contribution in [0.5, 0.6) is 11.5 Å². The number of ether oxygens (including phenoxy) is 2. The molecule has 6 heteroatoms. The molecule has 0 saturated heterocycles. The summed E-state index contributed by atoms with van der Waals surface area (Å²) in [5.74, 6) is 1.06. The highest BCUT2D eigenvalue weighted by Gasteiger charge is 2.30. The number of amides is 2. The molecule has 1 N–H and O–H groups in total. The van der Waals surface area contributed by atoms with E-state index in [-0.39, 0.29) is 18.2 Å². The van der Waals surface area contributed by atoms with E-state index in [0.717, 1.165) is 22.3 Å². The standard InChI is InChI=1S/C30H36N2O4/c1-5-31-30(34)26(19-23-11-7-6-8-12-23)32(21-25-13-9-10-22(2)18-25)29(33)17-15-24-14-16-27(35-3)28(20-24)36-4/h6-14,16,18,20,26H,5,15,17,19,21H2,1-4H3,(H,31,34). The lowest BCUT2D eigenvalue weighted by Gasteiger charge is -2.31. The number of carbonyl (C=O) groups is 2. The highest BCUT2D eigenvalue weighted by molar-refractivity contribution is 5.88. The second-order valence-corrected chi connectivity index (χ2v) is 8.80. The van der Waals surface area contributed by atoms with Crippen LogP contribution >= 0.6 is 0 Å². The first-order valence-corrected chi connectivity index (χ1v) is 12.3. The lowest BCUT2D eigenvalue weighted by Crippen LogP contribution is -2.50. The van der Waals surface area contributed by atoms with E-state index in [1.165, 1.54) is 0 Å². The number of nitrogens with one attached hydrogen (secondary N) is 1. The van der Waals surface area contributed by atoms with Crippen molar-refractivity contribution in [2.24, 2.45) is 0 Å². The van der Waals surface area contributed by atoms with Crippen LogP contribution in [0.15, 0.2) is 72.8 Å². The van der Waals surface area contributed by atoms with Crippen molar-refractivity contribution in [3.8, 4) is 11.5 Å². The van der Waals surface area contributed by atoms with Crippen molar-refractivity contribution >= 4 is 11.8 Å². The average molecular weight is 489 g/mol. The van der Waals surface area contributed by atoms with Gasteiger partial charge in [-0.1, -0.05) is 66.2 Å². The van der Waals surface area contributed by atoms with Crippen molar-refractivity contribution in [2.45, 2.75) is 45.7 Å². The number of benzene rings is 3. The van der Waals surface area contributed by atoms with Gasteiger partial charge in [-0.05, 0) is 49.1 Å². The van der Waals surface area contributed by atoms with Crippen LogP contribution in [0.25, 0.3) is 0 Å². The van der Waals surface area contributed by atoms with E-state index in [1.807, 2.05) is 80.6 Å². The van der Waals surface area contributed by atoms with E-state index in [1.54, 1.807) is 19.1 Å². The van der Waals surface area contributed by atoms with Gasteiger partial charge in [0.25, 0.3) is 0 Å². The summed E-state index contributed by atoms with van der Waals surface area (Å²) in [6.07, 6.45) is 1.24. The van der Waals surface area contributed by atoms with Crippen molar-refractivity contribution in [3.63, 3.8) is 0 Å². The summed E-state index contributed by atoms with van der Waals surface area (Å²) in [6, 6.07) is 23.0. The third kappa shape index (κ3) is 7.35. The van der Waals surface area contributed by atoms with Crippen molar-refractivity contribution in [1.29, 1.82) is 0 Å². The Balaban J connectivity index is 1.88. The number of rotatable bonds is 12. The molecule has 190 valence electrons. The molecule has 0 fully saturated rings. The zero-order valence-corrected chi connectivity index (χ0v) is 21.6. The van der Waals surface area contributed by atoms with Crippen LogP contribution in [0.3, 0.4) is 0 Å². The van der Waals surface area contributed by atoms with Crippen molar-refractivity contribution in [2.75, 3.05) is 20.8 Å². The van der Waals surface area contributed by atoms with Crippen LogP contribution in [0.2, 0.25) is 0 Å². The zero-order chi connectivity index (χ0) is 25.9. The number of nitrogens with zero attached hydrogens (tertiary/aromatic N) is 1. The minimum absolute atomic E-state index is 0.0709. The smallest absolute Gasteiger partial charge is 0.243 e. The molecule has 0 spiro atoms. The predicted molar refractivity (Wildman–Crippen MR) is 142 cm³/mol. The fourth-order valence-corrected chi connectivity index (χ4v) is 4.28. The van der Waals surface area contributed by atoms with E-state index < -0.39 is 6.04 Å². The van der Waals surface area contributed by atoms with Gasteiger partial charge in [-0.2, -0.15) is 0 Å². The Morgan fingerprint density at radius 3 is 2.25 bits per heavy atom. The Hall–Kier alpha value is -3.80. The number of methoxy groups -OCH3 is 2. The van der Waals surface area contributed by atoms with Gasteiger partial charge in [0, 0.05) is 25.9 Å². The van der Waals surface area contributed by atoms with Gasteiger partial charge in [-0.25, -0.2) is 0 Å². The Kier molecular flexibility index (Phi) is 9.92. The van der Waals surface area contributed by atoms with E-state index in [0.29, 0.717) is 37.4 Å².